The van der Waals surface area contributed by atoms with Crippen molar-refractivity contribution in [3.63, 3.8) is 0 Å². The van der Waals surface area contributed by atoms with Gasteiger partial charge >= 0.3 is 0 Å². The zero-order valence-electron chi connectivity index (χ0n) is 11.0. The lowest BCUT2D eigenvalue weighted by molar-refractivity contribution is 1.13. The summed E-state index contributed by atoms with van der Waals surface area (Å²) in [6.45, 7) is 0. The fraction of sp³-hybridized carbons (Fsp3) is 0.133. The summed E-state index contributed by atoms with van der Waals surface area (Å²) >= 11 is 0. The molecular formula is C15H16N4. The van der Waals surface area contributed by atoms with E-state index in [2.05, 4.69) is 11.4 Å². The number of nitrogens with zero attached hydrogens (tertiary/aromatic N) is 2. The number of hydrogen-bond donors (Lipinski definition) is 2. The lowest BCUT2D eigenvalue weighted by Gasteiger charge is -2.15. The van der Waals surface area contributed by atoms with Gasteiger partial charge in [0.05, 0.1) is 23.0 Å². The van der Waals surface area contributed by atoms with Crippen LogP contribution < -0.4 is 16.0 Å². The second kappa shape index (κ2) is 5.32. The Labute approximate surface area is 113 Å². The van der Waals surface area contributed by atoms with E-state index in [1.807, 2.05) is 43.3 Å². The van der Waals surface area contributed by atoms with E-state index >= 15 is 0 Å². The van der Waals surface area contributed by atoms with Crippen molar-refractivity contribution in [2.45, 2.75) is 0 Å². The van der Waals surface area contributed by atoms with Crippen LogP contribution in [-0.2, 0) is 0 Å². The number of benzene rings is 2. The molecule has 0 aliphatic carbocycles. The third kappa shape index (κ3) is 2.96. The van der Waals surface area contributed by atoms with E-state index < -0.39 is 0 Å². The minimum atomic E-state index is 0.584. The van der Waals surface area contributed by atoms with Crippen molar-refractivity contribution < 1.29 is 0 Å². The van der Waals surface area contributed by atoms with Gasteiger partial charge in [0.15, 0.2) is 0 Å². The number of anilines is 4. The summed E-state index contributed by atoms with van der Waals surface area (Å²) in [4.78, 5) is 2.03. The molecule has 0 heterocycles. The fourth-order valence-corrected chi connectivity index (χ4v) is 1.75. The van der Waals surface area contributed by atoms with Crippen LogP contribution in [0, 0.1) is 11.3 Å². The van der Waals surface area contributed by atoms with Gasteiger partial charge in [-0.15, -0.1) is 0 Å². The van der Waals surface area contributed by atoms with E-state index in [1.54, 1.807) is 18.2 Å². The van der Waals surface area contributed by atoms with E-state index in [-0.39, 0.29) is 0 Å². The Bertz CT molecular complexity index is 626. The van der Waals surface area contributed by atoms with Crippen molar-refractivity contribution in [3.05, 3.63) is 48.0 Å². The highest BCUT2D eigenvalue weighted by Crippen LogP contribution is 2.26. The van der Waals surface area contributed by atoms with Crippen LogP contribution in [0.25, 0.3) is 0 Å². The molecular weight excluding hydrogens is 236 g/mol. The monoisotopic (exact) mass is 252 g/mol. The summed E-state index contributed by atoms with van der Waals surface area (Å²) in [5, 5.41) is 12.2. The average Bonchev–Trinajstić information content (AvgIpc) is 2.41. The maximum absolute atomic E-state index is 8.91. The lowest BCUT2D eigenvalue weighted by Crippen LogP contribution is -2.08. The van der Waals surface area contributed by atoms with Crippen molar-refractivity contribution in [2.24, 2.45) is 0 Å². The second-order valence-corrected chi connectivity index (χ2v) is 4.48. The molecule has 19 heavy (non-hydrogen) atoms. The predicted molar refractivity (Wildman–Crippen MR) is 79.6 cm³/mol. The van der Waals surface area contributed by atoms with Crippen molar-refractivity contribution in [3.8, 4) is 6.07 Å². The van der Waals surface area contributed by atoms with Crippen LogP contribution in [-0.4, -0.2) is 14.1 Å². The average molecular weight is 252 g/mol. The summed E-state index contributed by atoms with van der Waals surface area (Å²) in [6, 6.07) is 15.3. The molecule has 0 saturated heterocycles. The number of nitrogens with two attached hydrogens (primary N) is 1. The molecule has 4 nitrogen and oxygen atoms in total. The molecule has 0 atom stereocenters. The maximum atomic E-state index is 8.91. The first kappa shape index (κ1) is 12.8. The Kier molecular flexibility index (Phi) is 3.58. The fourth-order valence-electron chi connectivity index (χ4n) is 1.75. The smallest absolute Gasteiger partial charge is 0.0992 e. The topological polar surface area (TPSA) is 65.1 Å². The zero-order valence-corrected chi connectivity index (χ0v) is 11.0. The SMILES string of the molecule is CN(C)c1cccc(Nc2cc(C#N)ccc2N)c1. The van der Waals surface area contributed by atoms with Crippen molar-refractivity contribution >= 4 is 22.7 Å². The molecule has 0 radical (unpaired) electrons. The molecule has 0 aliphatic rings. The summed E-state index contributed by atoms with van der Waals surface area (Å²) in [5.74, 6) is 0. The normalized spacial score (nSPS) is 9.74. The van der Waals surface area contributed by atoms with Crippen LogP contribution in [0.1, 0.15) is 5.56 Å². The molecule has 2 aromatic carbocycles. The molecule has 3 N–H and O–H groups in total. The van der Waals surface area contributed by atoms with Gasteiger partial charge in [0, 0.05) is 25.5 Å². The van der Waals surface area contributed by atoms with Gasteiger partial charge in [0.25, 0.3) is 0 Å². The minimum Gasteiger partial charge on any atom is -0.397 e. The molecule has 0 bridgehead atoms. The number of hydrogen-bond acceptors (Lipinski definition) is 4. The van der Waals surface area contributed by atoms with Crippen molar-refractivity contribution in [1.82, 2.24) is 0 Å². The maximum Gasteiger partial charge on any atom is 0.0992 e. The second-order valence-electron chi connectivity index (χ2n) is 4.48. The lowest BCUT2D eigenvalue weighted by atomic mass is 10.1. The predicted octanol–water partition coefficient (Wildman–Crippen LogP) is 2.95. The molecule has 0 fully saturated rings. The number of nitrogens with one attached hydrogen (secondary N) is 1. The van der Waals surface area contributed by atoms with E-state index in [9.17, 15) is 0 Å². The Morgan fingerprint density at radius 3 is 2.63 bits per heavy atom. The van der Waals surface area contributed by atoms with Crippen molar-refractivity contribution in [1.29, 1.82) is 5.26 Å². The molecule has 0 saturated carbocycles. The first-order valence-electron chi connectivity index (χ1n) is 5.94. The summed E-state index contributed by atoms with van der Waals surface area (Å²) in [5.41, 5.74) is 9.89. The number of rotatable bonds is 3. The van der Waals surface area contributed by atoms with Gasteiger partial charge in [0.2, 0.25) is 0 Å². The standard InChI is InChI=1S/C15H16N4/c1-19(2)13-5-3-4-12(9-13)18-15-8-11(10-16)6-7-14(15)17/h3-9,18H,17H2,1-2H3. The van der Waals surface area contributed by atoms with Crippen LogP contribution in [0.5, 0.6) is 0 Å². The first-order valence-corrected chi connectivity index (χ1v) is 5.94. The molecule has 0 spiro atoms. The van der Waals surface area contributed by atoms with E-state index in [0.717, 1.165) is 17.1 Å². The Morgan fingerprint density at radius 1 is 1.16 bits per heavy atom. The van der Waals surface area contributed by atoms with Gasteiger partial charge in [0.1, 0.15) is 0 Å². The summed E-state index contributed by atoms with van der Waals surface area (Å²) < 4.78 is 0. The highest BCUT2D eigenvalue weighted by atomic mass is 15.1. The minimum absolute atomic E-state index is 0.584. The molecule has 0 unspecified atom stereocenters. The van der Waals surface area contributed by atoms with Gasteiger partial charge in [-0.05, 0) is 36.4 Å². The van der Waals surface area contributed by atoms with Gasteiger partial charge in [-0.2, -0.15) is 5.26 Å². The molecule has 2 rings (SSSR count). The third-order valence-corrected chi connectivity index (χ3v) is 2.82. The van der Waals surface area contributed by atoms with E-state index in [1.165, 1.54) is 0 Å². The number of nitriles is 1. The van der Waals surface area contributed by atoms with Crippen molar-refractivity contribution in [2.75, 3.05) is 30.0 Å². The quantitative estimate of drug-likeness (QED) is 0.824. The van der Waals surface area contributed by atoms with Gasteiger partial charge in [-0.3, -0.25) is 0 Å². The summed E-state index contributed by atoms with van der Waals surface area (Å²) in [7, 11) is 3.98. The highest BCUT2D eigenvalue weighted by Gasteiger charge is 2.03. The van der Waals surface area contributed by atoms with Crippen LogP contribution in [0.3, 0.4) is 0 Å². The number of nitrogen functional groups attached to an aromatic ring is 1. The third-order valence-electron chi connectivity index (χ3n) is 2.82. The van der Waals surface area contributed by atoms with Crippen LogP contribution in [0.2, 0.25) is 0 Å². The van der Waals surface area contributed by atoms with E-state index in [0.29, 0.717) is 11.3 Å². The molecule has 96 valence electrons. The zero-order chi connectivity index (χ0) is 13.8. The molecule has 2 aromatic rings. The molecule has 4 heteroatoms. The molecule has 0 amide bonds. The van der Waals surface area contributed by atoms with Crippen LogP contribution in [0.4, 0.5) is 22.7 Å². The summed E-state index contributed by atoms with van der Waals surface area (Å²) in [6.07, 6.45) is 0. The molecule has 0 aliphatic heterocycles. The Hall–Kier alpha value is -2.67. The first-order chi connectivity index (χ1) is 9.10. The van der Waals surface area contributed by atoms with Gasteiger partial charge < -0.3 is 16.0 Å². The highest BCUT2D eigenvalue weighted by molar-refractivity contribution is 5.75. The van der Waals surface area contributed by atoms with Gasteiger partial charge in [-0.25, -0.2) is 0 Å². The Morgan fingerprint density at radius 2 is 1.95 bits per heavy atom. The van der Waals surface area contributed by atoms with Crippen LogP contribution in [0.15, 0.2) is 42.5 Å². The van der Waals surface area contributed by atoms with Crippen LogP contribution >= 0.6 is 0 Å². The van der Waals surface area contributed by atoms with E-state index in [4.69, 9.17) is 11.0 Å². The molecule has 0 aromatic heterocycles. The van der Waals surface area contributed by atoms with Gasteiger partial charge in [-0.1, -0.05) is 6.07 Å². The Balaban J connectivity index is 2.31. The largest absolute Gasteiger partial charge is 0.397 e.